The standard InChI is InChI=1S/C11H13N3S/c1-9(11-13-6-7-15-11)14-8-10-2-4-12-5-3-10/h2-7,9,14H,8H2,1H3/t9-/m0/s1. The van der Waals surface area contributed by atoms with Gasteiger partial charge in [0.05, 0.1) is 6.04 Å². The minimum Gasteiger partial charge on any atom is -0.304 e. The highest BCUT2D eigenvalue weighted by Crippen LogP contribution is 2.15. The van der Waals surface area contributed by atoms with Gasteiger partial charge in [0.1, 0.15) is 5.01 Å². The lowest BCUT2D eigenvalue weighted by molar-refractivity contribution is 0.571. The van der Waals surface area contributed by atoms with E-state index in [4.69, 9.17) is 0 Å². The van der Waals surface area contributed by atoms with E-state index in [9.17, 15) is 0 Å². The van der Waals surface area contributed by atoms with Gasteiger partial charge in [-0.25, -0.2) is 4.98 Å². The Morgan fingerprint density at radius 2 is 2.13 bits per heavy atom. The Morgan fingerprint density at radius 1 is 1.33 bits per heavy atom. The van der Waals surface area contributed by atoms with Crippen molar-refractivity contribution in [1.82, 2.24) is 15.3 Å². The topological polar surface area (TPSA) is 37.8 Å². The average Bonchev–Trinajstić information content (AvgIpc) is 2.81. The summed E-state index contributed by atoms with van der Waals surface area (Å²) in [5.74, 6) is 0. The van der Waals surface area contributed by atoms with Crippen molar-refractivity contribution in [2.24, 2.45) is 0 Å². The van der Waals surface area contributed by atoms with Crippen LogP contribution in [0.25, 0.3) is 0 Å². The van der Waals surface area contributed by atoms with E-state index in [1.807, 2.05) is 36.1 Å². The molecule has 1 N–H and O–H groups in total. The number of rotatable bonds is 4. The first kappa shape index (κ1) is 10.3. The molecule has 0 spiro atoms. The van der Waals surface area contributed by atoms with Gasteiger partial charge in [-0.3, -0.25) is 4.98 Å². The Bertz CT molecular complexity index is 385. The molecule has 0 aliphatic heterocycles. The minimum atomic E-state index is 0.304. The molecule has 2 aromatic heterocycles. The van der Waals surface area contributed by atoms with E-state index in [1.54, 1.807) is 11.3 Å². The third-order valence-corrected chi connectivity index (χ3v) is 3.14. The van der Waals surface area contributed by atoms with Gasteiger partial charge in [-0.2, -0.15) is 0 Å². The summed E-state index contributed by atoms with van der Waals surface area (Å²) in [5, 5.41) is 6.55. The second-order valence-corrected chi connectivity index (χ2v) is 4.25. The highest BCUT2D eigenvalue weighted by molar-refractivity contribution is 7.09. The van der Waals surface area contributed by atoms with Gasteiger partial charge in [-0.05, 0) is 24.6 Å². The van der Waals surface area contributed by atoms with Gasteiger partial charge in [0.15, 0.2) is 0 Å². The molecule has 0 fully saturated rings. The summed E-state index contributed by atoms with van der Waals surface area (Å²) >= 11 is 1.68. The van der Waals surface area contributed by atoms with Crippen molar-refractivity contribution in [2.45, 2.75) is 19.5 Å². The summed E-state index contributed by atoms with van der Waals surface area (Å²) in [5.41, 5.74) is 1.24. The van der Waals surface area contributed by atoms with E-state index >= 15 is 0 Å². The molecule has 0 amide bonds. The number of nitrogens with zero attached hydrogens (tertiary/aromatic N) is 2. The summed E-state index contributed by atoms with van der Waals surface area (Å²) in [6.07, 6.45) is 5.46. The molecule has 78 valence electrons. The fourth-order valence-electron chi connectivity index (χ4n) is 1.31. The molecular weight excluding hydrogens is 206 g/mol. The van der Waals surface area contributed by atoms with Gasteiger partial charge in [0, 0.05) is 30.5 Å². The first-order valence-electron chi connectivity index (χ1n) is 4.88. The molecule has 0 unspecified atom stereocenters. The first-order valence-corrected chi connectivity index (χ1v) is 5.76. The Balaban J connectivity index is 1.89. The normalized spacial score (nSPS) is 12.6. The molecule has 0 aromatic carbocycles. The van der Waals surface area contributed by atoms with Gasteiger partial charge < -0.3 is 5.32 Å². The Hall–Kier alpha value is -1.26. The summed E-state index contributed by atoms with van der Waals surface area (Å²) in [7, 11) is 0. The maximum atomic E-state index is 4.27. The summed E-state index contributed by atoms with van der Waals surface area (Å²) in [4.78, 5) is 8.26. The van der Waals surface area contributed by atoms with Crippen molar-refractivity contribution in [3.63, 3.8) is 0 Å². The summed E-state index contributed by atoms with van der Waals surface area (Å²) in [6.45, 7) is 2.98. The molecule has 2 rings (SSSR count). The van der Waals surface area contributed by atoms with Crippen LogP contribution in [0.4, 0.5) is 0 Å². The second-order valence-electron chi connectivity index (χ2n) is 3.33. The lowest BCUT2D eigenvalue weighted by atomic mass is 10.2. The van der Waals surface area contributed by atoms with Crippen molar-refractivity contribution in [3.8, 4) is 0 Å². The number of pyridine rings is 1. The van der Waals surface area contributed by atoms with Crippen LogP contribution in [0.3, 0.4) is 0 Å². The Labute approximate surface area is 93.2 Å². The fraction of sp³-hybridized carbons (Fsp3) is 0.273. The van der Waals surface area contributed by atoms with Gasteiger partial charge in [-0.1, -0.05) is 0 Å². The predicted octanol–water partition coefficient (Wildman–Crippen LogP) is 2.39. The molecule has 0 saturated carbocycles. The van der Waals surface area contributed by atoms with Crippen LogP contribution in [-0.2, 0) is 6.54 Å². The maximum absolute atomic E-state index is 4.27. The molecule has 0 saturated heterocycles. The van der Waals surface area contributed by atoms with Crippen LogP contribution in [0.2, 0.25) is 0 Å². The van der Waals surface area contributed by atoms with Crippen molar-refractivity contribution in [1.29, 1.82) is 0 Å². The first-order chi connectivity index (χ1) is 7.36. The molecular formula is C11H13N3S. The SMILES string of the molecule is C[C@H](NCc1ccncc1)c1nccs1. The van der Waals surface area contributed by atoms with Gasteiger partial charge in [-0.15, -0.1) is 11.3 Å². The van der Waals surface area contributed by atoms with Crippen LogP contribution in [-0.4, -0.2) is 9.97 Å². The zero-order valence-electron chi connectivity index (χ0n) is 8.55. The third-order valence-electron chi connectivity index (χ3n) is 2.18. The van der Waals surface area contributed by atoms with Crippen LogP contribution >= 0.6 is 11.3 Å². The predicted molar refractivity (Wildman–Crippen MR) is 61.6 cm³/mol. The van der Waals surface area contributed by atoms with Gasteiger partial charge >= 0.3 is 0 Å². The smallest absolute Gasteiger partial charge is 0.109 e. The lowest BCUT2D eigenvalue weighted by Crippen LogP contribution is -2.17. The quantitative estimate of drug-likeness (QED) is 0.858. The van der Waals surface area contributed by atoms with Crippen LogP contribution in [0.5, 0.6) is 0 Å². The van der Waals surface area contributed by atoms with Gasteiger partial charge in [0.2, 0.25) is 0 Å². The van der Waals surface area contributed by atoms with Crippen LogP contribution in [0.1, 0.15) is 23.5 Å². The summed E-state index contributed by atoms with van der Waals surface area (Å²) in [6, 6.07) is 4.33. The molecule has 0 bridgehead atoms. The number of aromatic nitrogens is 2. The Morgan fingerprint density at radius 3 is 2.80 bits per heavy atom. The lowest BCUT2D eigenvalue weighted by Gasteiger charge is -2.10. The number of nitrogens with one attached hydrogen (secondary N) is 1. The Kier molecular flexibility index (Phi) is 3.42. The van der Waals surface area contributed by atoms with Crippen LogP contribution in [0, 0.1) is 0 Å². The molecule has 15 heavy (non-hydrogen) atoms. The molecule has 1 atom stereocenters. The number of hydrogen-bond acceptors (Lipinski definition) is 4. The fourth-order valence-corrected chi connectivity index (χ4v) is 1.98. The van der Waals surface area contributed by atoms with E-state index in [-0.39, 0.29) is 0 Å². The molecule has 2 heterocycles. The third kappa shape index (κ3) is 2.84. The van der Waals surface area contributed by atoms with Crippen molar-refractivity contribution in [3.05, 3.63) is 46.7 Å². The zero-order valence-corrected chi connectivity index (χ0v) is 9.37. The molecule has 0 aliphatic carbocycles. The number of hydrogen-bond donors (Lipinski definition) is 1. The highest BCUT2D eigenvalue weighted by atomic mass is 32.1. The van der Waals surface area contributed by atoms with E-state index in [0.29, 0.717) is 6.04 Å². The van der Waals surface area contributed by atoms with Crippen molar-refractivity contribution >= 4 is 11.3 Å². The van der Waals surface area contributed by atoms with Crippen molar-refractivity contribution in [2.75, 3.05) is 0 Å². The van der Waals surface area contributed by atoms with E-state index in [2.05, 4.69) is 22.2 Å². The van der Waals surface area contributed by atoms with Crippen LogP contribution < -0.4 is 5.32 Å². The molecule has 2 aromatic rings. The van der Waals surface area contributed by atoms with Crippen molar-refractivity contribution < 1.29 is 0 Å². The number of thiazole rings is 1. The highest BCUT2D eigenvalue weighted by Gasteiger charge is 2.06. The maximum Gasteiger partial charge on any atom is 0.109 e. The van der Waals surface area contributed by atoms with Gasteiger partial charge in [0.25, 0.3) is 0 Å². The molecule has 4 heteroatoms. The van der Waals surface area contributed by atoms with Crippen LogP contribution in [0.15, 0.2) is 36.1 Å². The largest absolute Gasteiger partial charge is 0.304 e. The summed E-state index contributed by atoms with van der Waals surface area (Å²) < 4.78 is 0. The molecule has 0 aliphatic rings. The average molecular weight is 219 g/mol. The molecule has 3 nitrogen and oxygen atoms in total. The van der Waals surface area contributed by atoms with E-state index < -0.39 is 0 Å². The minimum absolute atomic E-state index is 0.304. The van der Waals surface area contributed by atoms with E-state index in [0.717, 1.165) is 11.6 Å². The zero-order chi connectivity index (χ0) is 10.5. The molecule has 0 radical (unpaired) electrons. The van der Waals surface area contributed by atoms with E-state index in [1.165, 1.54) is 5.56 Å². The monoisotopic (exact) mass is 219 g/mol. The second kappa shape index (κ2) is 5.00.